The van der Waals surface area contributed by atoms with Gasteiger partial charge in [0.2, 0.25) is 0 Å². The topological polar surface area (TPSA) is 46.6 Å². The maximum absolute atomic E-state index is 12.5. The van der Waals surface area contributed by atoms with Gasteiger partial charge in [0.25, 0.3) is 0 Å². The normalized spacial score (nSPS) is 21.9. The lowest BCUT2D eigenvalue weighted by atomic mass is 9.95. The molecule has 0 aliphatic carbocycles. The van der Waals surface area contributed by atoms with Crippen LogP contribution in [0.3, 0.4) is 0 Å². The Balaban J connectivity index is 1.92. The number of rotatable bonds is 2. The molecule has 0 radical (unpaired) electrons. The minimum absolute atomic E-state index is 0.250. The summed E-state index contributed by atoms with van der Waals surface area (Å²) in [5, 5.41) is 0. The quantitative estimate of drug-likeness (QED) is 0.617. The van der Waals surface area contributed by atoms with Crippen molar-refractivity contribution in [1.29, 1.82) is 0 Å². The Labute approximate surface area is 126 Å². The van der Waals surface area contributed by atoms with E-state index in [1.54, 1.807) is 6.08 Å². The van der Waals surface area contributed by atoms with Crippen molar-refractivity contribution in [2.45, 2.75) is 31.0 Å². The maximum atomic E-state index is 12.5. The van der Waals surface area contributed by atoms with Crippen LogP contribution in [-0.2, 0) is 20.8 Å². The van der Waals surface area contributed by atoms with E-state index in [9.17, 15) is 21.6 Å². The summed E-state index contributed by atoms with van der Waals surface area (Å²) in [4.78, 5) is 1.88. The van der Waals surface area contributed by atoms with E-state index in [1.165, 1.54) is 0 Å². The van der Waals surface area contributed by atoms with Gasteiger partial charge in [0.1, 0.15) is 6.10 Å². The van der Waals surface area contributed by atoms with E-state index in [4.69, 9.17) is 0 Å². The third-order valence-electron chi connectivity index (χ3n) is 3.84. The number of fused-ring (bicyclic) bond motifs is 2. The van der Waals surface area contributed by atoms with Gasteiger partial charge in [0.05, 0.1) is 0 Å². The zero-order valence-electron chi connectivity index (χ0n) is 11.5. The minimum Gasteiger partial charge on any atom is -0.368 e. The number of nitrogens with zero attached hydrogens (tertiary/aromatic N) is 1. The largest absolute Gasteiger partial charge is 0.523 e. The molecule has 1 fully saturated rings. The third-order valence-corrected chi connectivity index (χ3v) is 4.89. The molecule has 0 saturated carbocycles. The highest BCUT2D eigenvalue weighted by molar-refractivity contribution is 7.87. The van der Waals surface area contributed by atoms with Gasteiger partial charge in [0, 0.05) is 18.8 Å². The van der Waals surface area contributed by atoms with Crippen molar-refractivity contribution in [3.8, 4) is 0 Å². The Bertz CT molecular complexity index is 712. The van der Waals surface area contributed by atoms with E-state index in [1.807, 2.05) is 29.2 Å². The van der Waals surface area contributed by atoms with Gasteiger partial charge in [-0.25, -0.2) is 0 Å². The standard InChI is InChI=1S/C14H14F3NO3S/c15-14(16,17)22(19,20)21-13-6-3-7-18-9-11-5-2-1-4-10(11)8-12(13)18/h1-2,4-5,8,13H,3,6-7,9H2. The van der Waals surface area contributed by atoms with Gasteiger partial charge >= 0.3 is 15.6 Å². The average Bonchev–Trinajstić information content (AvgIpc) is 2.44. The van der Waals surface area contributed by atoms with Crippen molar-refractivity contribution >= 4 is 16.2 Å². The molecular formula is C14H14F3NO3S. The SMILES string of the molecule is O=S(=O)(OC1CCCN2Cc3ccccc3C=C12)C(F)(F)F. The molecule has 0 spiro atoms. The second-order valence-corrected chi connectivity index (χ2v) is 6.88. The van der Waals surface area contributed by atoms with E-state index in [0.717, 1.165) is 11.1 Å². The van der Waals surface area contributed by atoms with Crippen molar-refractivity contribution in [2.24, 2.45) is 0 Å². The molecule has 120 valence electrons. The molecule has 8 heteroatoms. The van der Waals surface area contributed by atoms with E-state index >= 15 is 0 Å². The molecular weight excluding hydrogens is 319 g/mol. The number of hydrogen-bond acceptors (Lipinski definition) is 4. The van der Waals surface area contributed by atoms with Crippen molar-refractivity contribution in [3.63, 3.8) is 0 Å². The van der Waals surface area contributed by atoms with Gasteiger partial charge < -0.3 is 4.90 Å². The van der Waals surface area contributed by atoms with Crippen LogP contribution in [0.15, 0.2) is 30.0 Å². The molecule has 0 aromatic heterocycles. The van der Waals surface area contributed by atoms with E-state index < -0.39 is 21.7 Å². The van der Waals surface area contributed by atoms with Crippen molar-refractivity contribution < 1.29 is 25.8 Å². The van der Waals surface area contributed by atoms with Crippen molar-refractivity contribution in [3.05, 3.63) is 41.1 Å². The molecule has 2 aliphatic heterocycles. The van der Waals surface area contributed by atoms with E-state index in [0.29, 0.717) is 25.2 Å². The fourth-order valence-corrected chi connectivity index (χ4v) is 3.40. The van der Waals surface area contributed by atoms with Crippen LogP contribution >= 0.6 is 0 Å². The zero-order chi connectivity index (χ0) is 16.0. The molecule has 2 aliphatic rings. The van der Waals surface area contributed by atoms with Crippen molar-refractivity contribution in [2.75, 3.05) is 6.54 Å². The number of alkyl halides is 3. The van der Waals surface area contributed by atoms with Crippen LogP contribution in [0.4, 0.5) is 13.2 Å². The summed E-state index contributed by atoms with van der Waals surface area (Å²) in [5.74, 6) is 0. The first-order chi connectivity index (χ1) is 10.3. The monoisotopic (exact) mass is 333 g/mol. The first-order valence-corrected chi connectivity index (χ1v) is 8.23. The summed E-state index contributed by atoms with van der Waals surface area (Å²) in [6.45, 7) is 1.22. The zero-order valence-corrected chi connectivity index (χ0v) is 12.3. The Morgan fingerprint density at radius 1 is 1.23 bits per heavy atom. The van der Waals surface area contributed by atoms with Gasteiger partial charge in [-0.3, -0.25) is 4.18 Å². The molecule has 22 heavy (non-hydrogen) atoms. The fourth-order valence-electron chi connectivity index (χ4n) is 2.79. The molecule has 4 nitrogen and oxygen atoms in total. The molecule has 2 heterocycles. The lowest BCUT2D eigenvalue weighted by Crippen LogP contribution is -2.41. The Morgan fingerprint density at radius 3 is 2.68 bits per heavy atom. The highest BCUT2D eigenvalue weighted by Gasteiger charge is 2.49. The highest BCUT2D eigenvalue weighted by atomic mass is 32.2. The Morgan fingerprint density at radius 2 is 1.95 bits per heavy atom. The number of piperidine rings is 1. The summed E-state index contributed by atoms with van der Waals surface area (Å²) < 4.78 is 64.5. The predicted molar refractivity (Wildman–Crippen MR) is 73.9 cm³/mol. The minimum atomic E-state index is -5.59. The van der Waals surface area contributed by atoms with Crippen LogP contribution in [0.5, 0.6) is 0 Å². The van der Waals surface area contributed by atoms with Gasteiger partial charge in [-0.05, 0) is 30.0 Å². The van der Waals surface area contributed by atoms with Crippen LogP contribution in [0.25, 0.3) is 6.08 Å². The second-order valence-electron chi connectivity index (χ2n) is 5.32. The van der Waals surface area contributed by atoms with Gasteiger partial charge in [-0.15, -0.1) is 0 Å². The average molecular weight is 333 g/mol. The van der Waals surface area contributed by atoms with Gasteiger partial charge in [-0.2, -0.15) is 21.6 Å². The van der Waals surface area contributed by atoms with Crippen LogP contribution in [0.2, 0.25) is 0 Å². The smallest absolute Gasteiger partial charge is 0.368 e. The molecule has 3 rings (SSSR count). The van der Waals surface area contributed by atoms with Gasteiger partial charge in [-0.1, -0.05) is 24.3 Å². The molecule has 1 aromatic carbocycles. The molecule has 1 saturated heterocycles. The summed E-state index contributed by atoms with van der Waals surface area (Å²) in [6, 6.07) is 7.52. The van der Waals surface area contributed by atoms with Crippen LogP contribution in [0, 0.1) is 0 Å². The summed E-state index contributed by atoms with van der Waals surface area (Å²) in [5.41, 5.74) is -2.96. The predicted octanol–water partition coefficient (Wildman–Crippen LogP) is 2.87. The fraction of sp³-hybridized carbons (Fsp3) is 0.429. The Hall–Kier alpha value is -1.54. The Kier molecular flexibility index (Phi) is 3.68. The van der Waals surface area contributed by atoms with E-state index in [-0.39, 0.29) is 6.42 Å². The van der Waals surface area contributed by atoms with Crippen molar-refractivity contribution in [1.82, 2.24) is 4.90 Å². The lowest BCUT2D eigenvalue weighted by Gasteiger charge is -2.39. The molecule has 1 unspecified atom stereocenters. The number of benzene rings is 1. The van der Waals surface area contributed by atoms with Crippen LogP contribution in [-0.4, -0.2) is 31.5 Å². The summed E-state index contributed by atoms with van der Waals surface area (Å²) in [7, 11) is -5.59. The first kappa shape index (κ1) is 15.4. The highest BCUT2D eigenvalue weighted by Crippen LogP contribution is 2.35. The van der Waals surface area contributed by atoms with E-state index in [2.05, 4.69) is 4.18 Å². The molecule has 1 atom stereocenters. The molecule has 0 amide bonds. The molecule has 1 aromatic rings. The van der Waals surface area contributed by atoms with Gasteiger partial charge in [0.15, 0.2) is 0 Å². The maximum Gasteiger partial charge on any atom is 0.523 e. The number of halogens is 3. The number of hydrogen-bond donors (Lipinski definition) is 0. The lowest BCUT2D eigenvalue weighted by molar-refractivity contribution is -0.0578. The first-order valence-electron chi connectivity index (χ1n) is 6.82. The van der Waals surface area contributed by atoms with Crippen LogP contribution < -0.4 is 0 Å². The van der Waals surface area contributed by atoms with Crippen LogP contribution in [0.1, 0.15) is 24.0 Å². The third kappa shape index (κ3) is 2.72. The summed E-state index contributed by atoms with van der Waals surface area (Å²) in [6.07, 6.45) is 1.46. The molecule has 0 bridgehead atoms. The molecule has 0 N–H and O–H groups in total. The summed E-state index contributed by atoms with van der Waals surface area (Å²) >= 11 is 0. The second kappa shape index (κ2) is 5.27.